The highest BCUT2D eigenvalue weighted by atomic mass is 32.2. The molecule has 0 bridgehead atoms. The van der Waals surface area contributed by atoms with E-state index in [2.05, 4.69) is 20.3 Å². The van der Waals surface area contributed by atoms with E-state index in [9.17, 15) is 9.59 Å². The highest BCUT2D eigenvalue weighted by Crippen LogP contribution is 2.31. The SMILES string of the molecule is CSc1cc(OC2=c3[nH]c(=O)[nH]c3=NCC2)ccc1NC(=O)OC(C)(C)C. The number of nitrogens with zero attached hydrogens (tertiary/aromatic N) is 1. The molecule has 2 heterocycles. The Morgan fingerprint density at radius 1 is 1.30 bits per heavy atom. The molecule has 1 aromatic carbocycles. The van der Waals surface area contributed by atoms with Crippen LogP contribution >= 0.6 is 11.8 Å². The second-order valence-electron chi connectivity index (χ2n) is 6.95. The maximum absolute atomic E-state index is 12.0. The molecule has 1 aromatic heterocycles. The van der Waals surface area contributed by atoms with Crippen molar-refractivity contribution < 1.29 is 14.3 Å². The van der Waals surface area contributed by atoms with Crippen molar-refractivity contribution in [3.05, 3.63) is 39.5 Å². The Morgan fingerprint density at radius 2 is 2.07 bits per heavy atom. The molecule has 8 nitrogen and oxygen atoms in total. The summed E-state index contributed by atoms with van der Waals surface area (Å²) in [4.78, 5) is 34.0. The van der Waals surface area contributed by atoms with Gasteiger partial charge in [0.1, 0.15) is 22.5 Å². The van der Waals surface area contributed by atoms with Gasteiger partial charge in [-0.15, -0.1) is 11.8 Å². The largest absolute Gasteiger partial charge is 0.459 e. The molecule has 1 amide bonds. The number of aromatic nitrogens is 2. The van der Waals surface area contributed by atoms with Crippen LogP contribution in [0.25, 0.3) is 5.76 Å². The van der Waals surface area contributed by atoms with Crippen molar-refractivity contribution in [1.29, 1.82) is 0 Å². The zero-order valence-corrected chi connectivity index (χ0v) is 16.5. The number of thioether (sulfide) groups is 1. The highest BCUT2D eigenvalue weighted by Gasteiger charge is 2.18. The lowest BCUT2D eigenvalue weighted by Crippen LogP contribution is -2.33. The van der Waals surface area contributed by atoms with Crippen LogP contribution in [0.4, 0.5) is 10.5 Å². The lowest BCUT2D eigenvalue weighted by molar-refractivity contribution is 0.0635. The minimum absolute atomic E-state index is 0.312. The van der Waals surface area contributed by atoms with Crippen LogP contribution in [0.2, 0.25) is 0 Å². The first-order chi connectivity index (χ1) is 12.7. The molecule has 0 atom stereocenters. The molecule has 0 radical (unpaired) electrons. The average Bonchev–Trinajstić information content (AvgIpc) is 2.96. The summed E-state index contributed by atoms with van der Waals surface area (Å²) in [6, 6.07) is 5.36. The molecular formula is C18H22N4O4S. The number of imidazole rings is 1. The molecule has 0 unspecified atom stereocenters. The van der Waals surface area contributed by atoms with Crippen LogP contribution in [0.5, 0.6) is 5.75 Å². The van der Waals surface area contributed by atoms with Crippen LogP contribution in [-0.2, 0) is 4.74 Å². The first-order valence-corrected chi connectivity index (χ1v) is 9.69. The summed E-state index contributed by atoms with van der Waals surface area (Å²) in [5, 5.41) is 3.33. The Kier molecular flexibility index (Phi) is 5.31. The number of hydrogen-bond donors (Lipinski definition) is 3. The van der Waals surface area contributed by atoms with Crippen LogP contribution in [0, 0.1) is 0 Å². The molecule has 144 valence electrons. The van der Waals surface area contributed by atoms with Crippen molar-refractivity contribution in [3.8, 4) is 5.75 Å². The smallest absolute Gasteiger partial charge is 0.412 e. The van der Waals surface area contributed by atoms with Crippen molar-refractivity contribution in [3.63, 3.8) is 0 Å². The minimum Gasteiger partial charge on any atom is -0.459 e. The van der Waals surface area contributed by atoms with Gasteiger partial charge in [-0.3, -0.25) is 15.3 Å². The fourth-order valence-corrected chi connectivity index (χ4v) is 3.16. The number of amides is 1. The van der Waals surface area contributed by atoms with Crippen molar-refractivity contribution in [2.45, 2.75) is 37.7 Å². The van der Waals surface area contributed by atoms with E-state index in [-0.39, 0.29) is 5.69 Å². The van der Waals surface area contributed by atoms with Crippen molar-refractivity contribution in [2.75, 3.05) is 18.1 Å². The molecule has 0 saturated heterocycles. The average molecular weight is 390 g/mol. The van der Waals surface area contributed by atoms with Gasteiger partial charge in [0.2, 0.25) is 0 Å². The van der Waals surface area contributed by atoms with E-state index >= 15 is 0 Å². The van der Waals surface area contributed by atoms with Gasteiger partial charge in [-0.1, -0.05) is 0 Å². The molecular weight excluding hydrogens is 368 g/mol. The summed E-state index contributed by atoms with van der Waals surface area (Å²) in [5.41, 5.74) is 0.270. The lowest BCUT2D eigenvalue weighted by Gasteiger charge is -2.20. The summed E-state index contributed by atoms with van der Waals surface area (Å²) in [6.45, 7) is 5.98. The van der Waals surface area contributed by atoms with Gasteiger partial charge in [0, 0.05) is 17.9 Å². The number of carbonyl (C=O) groups is 1. The molecule has 3 N–H and O–H groups in total. The van der Waals surface area contributed by atoms with E-state index in [1.54, 1.807) is 12.1 Å². The predicted octanol–water partition coefficient (Wildman–Crippen LogP) is 1.98. The first kappa shape index (κ1) is 19.1. The van der Waals surface area contributed by atoms with E-state index in [4.69, 9.17) is 9.47 Å². The van der Waals surface area contributed by atoms with Crippen LogP contribution in [0.1, 0.15) is 27.2 Å². The topological polar surface area (TPSA) is 109 Å². The molecule has 0 spiro atoms. The van der Waals surface area contributed by atoms with E-state index in [1.807, 2.05) is 33.1 Å². The van der Waals surface area contributed by atoms with Crippen LogP contribution in [-0.4, -0.2) is 34.5 Å². The molecule has 2 aromatic rings. The van der Waals surface area contributed by atoms with Gasteiger partial charge in [0.15, 0.2) is 5.49 Å². The second kappa shape index (κ2) is 7.51. The summed E-state index contributed by atoms with van der Waals surface area (Å²) >= 11 is 1.48. The van der Waals surface area contributed by atoms with Gasteiger partial charge in [-0.05, 0) is 45.2 Å². The third-order valence-electron chi connectivity index (χ3n) is 3.64. The van der Waals surface area contributed by atoms with E-state index in [1.165, 1.54) is 11.8 Å². The number of aromatic amines is 2. The maximum Gasteiger partial charge on any atom is 0.412 e. The monoisotopic (exact) mass is 390 g/mol. The van der Waals surface area contributed by atoms with Crippen molar-refractivity contribution >= 4 is 29.3 Å². The number of fused-ring (bicyclic) bond motifs is 1. The van der Waals surface area contributed by atoms with Gasteiger partial charge >= 0.3 is 11.8 Å². The Balaban J connectivity index is 1.84. The number of carbonyl (C=O) groups excluding carboxylic acids is 1. The van der Waals surface area contributed by atoms with Crippen LogP contribution in [0.15, 0.2) is 32.9 Å². The predicted molar refractivity (Wildman–Crippen MR) is 104 cm³/mol. The summed E-state index contributed by atoms with van der Waals surface area (Å²) in [5.74, 6) is 1.26. The Bertz CT molecular complexity index is 1030. The Hall–Kier alpha value is -2.68. The number of rotatable bonds is 4. The second-order valence-corrected chi connectivity index (χ2v) is 7.80. The quantitative estimate of drug-likeness (QED) is 0.692. The molecule has 9 heteroatoms. The highest BCUT2D eigenvalue weighted by molar-refractivity contribution is 7.98. The summed E-state index contributed by atoms with van der Waals surface area (Å²) in [7, 11) is 0. The van der Waals surface area contributed by atoms with Crippen molar-refractivity contribution in [2.24, 2.45) is 4.99 Å². The molecule has 27 heavy (non-hydrogen) atoms. The molecule has 0 fully saturated rings. The molecule has 0 aliphatic carbocycles. The molecule has 0 saturated carbocycles. The Labute approximate surface area is 160 Å². The number of H-pyrrole nitrogens is 2. The number of benzene rings is 1. The van der Waals surface area contributed by atoms with Crippen LogP contribution < -0.4 is 26.6 Å². The fourth-order valence-electron chi connectivity index (χ4n) is 2.58. The summed E-state index contributed by atoms with van der Waals surface area (Å²) in [6.07, 6.45) is 1.99. The first-order valence-electron chi connectivity index (χ1n) is 8.47. The minimum atomic E-state index is -0.569. The van der Waals surface area contributed by atoms with Gasteiger partial charge in [0.05, 0.1) is 5.69 Å². The van der Waals surface area contributed by atoms with E-state index in [0.717, 1.165) is 4.90 Å². The Morgan fingerprint density at radius 3 is 2.78 bits per heavy atom. The van der Waals surface area contributed by atoms with E-state index < -0.39 is 11.7 Å². The zero-order valence-electron chi connectivity index (χ0n) is 15.6. The van der Waals surface area contributed by atoms with Crippen LogP contribution in [0.3, 0.4) is 0 Å². The normalized spacial score (nSPS) is 13.6. The van der Waals surface area contributed by atoms with E-state index in [0.29, 0.717) is 41.0 Å². The van der Waals surface area contributed by atoms with Gasteiger partial charge in [0.25, 0.3) is 0 Å². The van der Waals surface area contributed by atoms with Gasteiger partial charge in [-0.2, -0.15) is 0 Å². The third-order valence-corrected chi connectivity index (χ3v) is 4.42. The fraction of sp³-hybridized carbons (Fsp3) is 0.389. The van der Waals surface area contributed by atoms with Crippen molar-refractivity contribution in [1.82, 2.24) is 9.97 Å². The van der Waals surface area contributed by atoms with Gasteiger partial charge < -0.3 is 14.5 Å². The number of anilines is 1. The maximum atomic E-state index is 12.0. The zero-order chi connectivity index (χ0) is 19.6. The lowest BCUT2D eigenvalue weighted by atomic mass is 10.2. The standard InChI is InChI=1S/C18H22N4O4S/c1-18(2,3)26-17(24)20-11-6-5-10(9-13(11)27-4)25-12-7-8-19-15-14(12)21-16(23)22-15/h5-6,9H,7-8H2,1-4H3,(H,20,24)(H2,19,21,22,23). The molecule has 3 rings (SSSR count). The third kappa shape index (κ3) is 4.73. The number of nitrogens with one attached hydrogen (secondary N) is 3. The number of ether oxygens (including phenoxy) is 2. The van der Waals surface area contributed by atoms with Gasteiger partial charge in [-0.25, -0.2) is 9.59 Å². The number of hydrogen-bond acceptors (Lipinski definition) is 6. The summed E-state index contributed by atoms with van der Waals surface area (Å²) < 4.78 is 11.3. The molecule has 1 aliphatic rings. The molecule has 1 aliphatic heterocycles.